The first-order chi connectivity index (χ1) is 14.1. The fourth-order valence-corrected chi connectivity index (χ4v) is 4.22. The zero-order valence-corrected chi connectivity index (χ0v) is 17.7. The van der Waals surface area contributed by atoms with E-state index in [4.69, 9.17) is 9.47 Å². The molecule has 0 unspecified atom stereocenters. The number of esters is 2. The average Bonchev–Trinajstić information content (AvgIpc) is 2.66. The molecule has 30 heavy (non-hydrogen) atoms. The molecule has 2 aliphatic rings. The minimum atomic E-state index is -0.959. The predicted octanol–water partition coefficient (Wildman–Crippen LogP) is 3.39. The number of carbonyl (C=O) groups is 3. The van der Waals surface area contributed by atoms with Crippen LogP contribution in [0.25, 0.3) is 0 Å². The highest BCUT2D eigenvalue weighted by Crippen LogP contribution is 2.45. The van der Waals surface area contributed by atoms with Gasteiger partial charge in [0.15, 0.2) is 5.78 Å². The first-order valence-electron chi connectivity index (χ1n) is 9.95. The molecule has 1 aromatic rings. The van der Waals surface area contributed by atoms with Crippen LogP contribution in [0.4, 0.5) is 4.39 Å². The van der Waals surface area contributed by atoms with Crippen LogP contribution in [-0.4, -0.2) is 30.9 Å². The van der Waals surface area contributed by atoms with Crippen molar-refractivity contribution in [1.82, 2.24) is 5.32 Å². The van der Waals surface area contributed by atoms with Crippen LogP contribution in [0.5, 0.6) is 0 Å². The summed E-state index contributed by atoms with van der Waals surface area (Å²) in [6, 6.07) is 5.66. The van der Waals surface area contributed by atoms with E-state index in [1.165, 1.54) is 19.2 Å². The number of methoxy groups -OCH3 is 1. The summed E-state index contributed by atoms with van der Waals surface area (Å²) in [6.45, 7) is 7.04. The Hall–Kier alpha value is -2.96. The van der Waals surface area contributed by atoms with Gasteiger partial charge in [-0.25, -0.2) is 9.18 Å². The molecule has 160 valence electrons. The SMILES string of the molecule is COC(=O)[C@H]1C(=O)C2=C(C[C@H]1C)NC(C)=C(C(=O)OC(C)C)[C@@H]2c1ccc(F)cc1. The van der Waals surface area contributed by atoms with Crippen LogP contribution in [0, 0.1) is 17.7 Å². The van der Waals surface area contributed by atoms with Gasteiger partial charge in [0.1, 0.15) is 11.7 Å². The number of allylic oxidation sites excluding steroid dienone is 3. The fraction of sp³-hybridized carbons (Fsp3) is 0.435. The van der Waals surface area contributed by atoms with E-state index in [1.807, 2.05) is 6.92 Å². The highest BCUT2D eigenvalue weighted by atomic mass is 19.1. The molecule has 0 bridgehead atoms. The molecule has 1 aliphatic heterocycles. The first-order valence-corrected chi connectivity index (χ1v) is 9.95. The number of nitrogens with one attached hydrogen (secondary N) is 1. The van der Waals surface area contributed by atoms with Crippen molar-refractivity contribution in [2.75, 3.05) is 7.11 Å². The third kappa shape index (κ3) is 3.88. The van der Waals surface area contributed by atoms with Crippen LogP contribution < -0.4 is 5.32 Å². The highest BCUT2D eigenvalue weighted by molar-refractivity contribution is 6.12. The maximum atomic E-state index is 13.6. The maximum absolute atomic E-state index is 13.6. The van der Waals surface area contributed by atoms with Crippen LogP contribution in [0.3, 0.4) is 0 Å². The molecule has 0 saturated heterocycles. The molecule has 0 radical (unpaired) electrons. The fourth-order valence-electron chi connectivity index (χ4n) is 4.22. The van der Waals surface area contributed by atoms with Gasteiger partial charge in [0.25, 0.3) is 0 Å². The Morgan fingerprint density at radius 1 is 1.20 bits per heavy atom. The Kier molecular flexibility index (Phi) is 6.10. The summed E-state index contributed by atoms with van der Waals surface area (Å²) in [5.41, 5.74) is 2.43. The largest absolute Gasteiger partial charge is 0.468 e. The lowest BCUT2D eigenvalue weighted by Crippen LogP contribution is -2.43. The lowest BCUT2D eigenvalue weighted by atomic mass is 9.69. The predicted molar refractivity (Wildman–Crippen MR) is 108 cm³/mol. The molecule has 1 aromatic carbocycles. The third-order valence-electron chi connectivity index (χ3n) is 5.51. The van der Waals surface area contributed by atoms with Gasteiger partial charge in [-0.2, -0.15) is 0 Å². The third-order valence-corrected chi connectivity index (χ3v) is 5.51. The summed E-state index contributed by atoms with van der Waals surface area (Å²) in [6.07, 6.45) is 0.0921. The molecule has 1 heterocycles. The zero-order valence-electron chi connectivity index (χ0n) is 17.7. The summed E-state index contributed by atoms with van der Waals surface area (Å²) < 4.78 is 23.9. The Morgan fingerprint density at radius 3 is 2.40 bits per heavy atom. The molecular weight excluding hydrogens is 389 g/mol. The van der Waals surface area contributed by atoms with Crippen molar-refractivity contribution in [3.05, 3.63) is 58.2 Å². The second kappa shape index (κ2) is 8.42. The van der Waals surface area contributed by atoms with Gasteiger partial charge < -0.3 is 14.8 Å². The van der Waals surface area contributed by atoms with Crippen molar-refractivity contribution in [3.63, 3.8) is 0 Å². The number of carbonyl (C=O) groups excluding carboxylic acids is 3. The van der Waals surface area contributed by atoms with Gasteiger partial charge in [-0.15, -0.1) is 0 Å². The minimum absolute atomic E-state index is 0.262. The van der Waals surface area contributed by atoms with Gasteiger partial charge in [-0.05, 0) is 50.8 Å². The van der Waals surface area contributed by atoms with E-state index in [0.29, 0.717) is 29.0 Å². The number of dihydropyridines is 1. The van der Waals surface area contributed by atoms with E-state index in [2.05, 4.69) is 5.32 Å². The Balaban J connectivity index is 2.17. The standard InChI is InChI=1S/C23H26FNO5/c1-11(2)30-23(28)18-13(4)25-16-10-12(3)17(22(27)29-5)21(26)20(16)19(18)14-6-8-15(24)9-7-14/h6-9,11-12,17,19,25H,10H2,1-5H3/t12-,17-,19+/m1/s1. The second-order valence-electron chi connectivity index (χ2n) is 8.04. The van der Waals surface area contributed by atoms with Gasteiger partial charge in [0.2, 0.25) is 0 Å². The molecule has 3 rings (SSSR count). The summed E-state index contributed by atoms with van der Waals surface area (Å²) in [4.78, 5) is 38.8. The van der Waals surface area contributed by atoms with E-state index in [-0.39, 0.29) is 23.4 Å². The van der Waals surface area contributed by atoms with Crippen LogP contribution in [-0.2, 0) is 23.9 Å². The number of halogens is 1. The zero-order chi connectivity index (χ0) is 22.2. The van der Waals surface area contributed by atoms with Gasteiger partial charge in [0.05, 0.1) is 18.8 Å². The number of ketones is 1. The Morgan fingerprint density at radius 2 is 1.83 bits per heavy atom. The Labute approximate surface area is 175 Å². The quantitative estimate of drug-likeness (QED) is 0.600. The first kappa shape index (κ1) is 21.7. The lowest BCUT2D eigenvalue weighted by molar-refractivity contribution is -0.151. The molecule has 0 fully saturated rings. The topological polar surface area (TPSA) is 81.7 Å². The van der Waals surface area contributed by atoms with E-state index in [9.17, 15) is 18.8 Å². The van der Waals surface area contributed by atoms with Gasteiger partial charge in [-0.3, -0.25) is 9.59 Å². The molecule has 7 heteroatoms. The summed E-state index contributed by atoms with van der Waals surface area (Å²) in [7, 11) is 1.25. The van der Waals surface area contributed by atoms with E-state index in [0.717, 1.165) is 0 Å². The number of rotatable bonds is 4. The molecule has 6 nitrogen and oxygen atoms in total. The average molecular weight is 415 g/mol. The van der Waals surface area contributed by atoms with Crippen LogP contribution in [0.15, 0.2) is 46.8 Å². The van der Waals surface area contributed by atoms with Gasteiger partial charge >= 0.3 is 11.9 Å². The van der Waals surface area contributed by atoms with Crippen molar-refractivity contribution >= 4 is 17.7 Å². The summed E-state index contributed by atoms with van der Waals surface area (Å²) in [5.74, 6) is -3.96. The van der Waals surface area contributed by atoms with E-state index in [1.54, 1.807) is 32.9 Å². The molecule has 0 amide bonds. The normalized spacial score (nSPS) is 23.8. The van der Waals surface area contributed by atoms with Crippen LogP contribution in [0.2, 0.25) is 0 Å². The number of ether oxygens (including phenoxy) is 2. The van der Waals surface area contributed by atoms with Crippen LogP contribution >= 0.6 is 0 Å². The summed E-state index contributed by atoms with van der Waals surface area (Å²) in [5, 5.41) is 3.18. The second-order valence-corrected chi connectivity index (χ2v) is 8.04. The number of hydrogen-bond donors (Lipinski definition) is 1. The monoisotopic (exact) mass is 415 g/mol. The van der Waals surface area contributed by atoms with Crippen molar-refractivity contribution in [3.8, 4) is 0 Å². The van der Waals surface area contributed by atoms with Gasteiger partial charge in [0, 0.05) is 22.9 Å². The molecule has 3 atom stereocenters. The molecule has 1 N–H and O–H groups in total. The molecule has 0 saturated carbocycles. The molecular formula is C23H26FNO5. The minimum Gasteiger partial charge on any atom is -0.468 e. The number of benzene rings is 1. The molecule has 1 aliphatic carbocycles. The number of hydrogen-bond acceptors (Lipinski definition) is 6. The molecule has 0 spiro atoms. The molecule has 0 aromatic heterocycles. The Bertz CT molecular complexity index is 945. The van der Waals surface area contributed by atoms with Crippen LogP contribution in [0.1, 0.15) is 45.6 Å². The van der Waals surface area contributed by atoms with Crippen molar-refractivity contribution in [1.29, 1.82) is 0 Å². The van der Waals surface area contributed by atoms with Gasteiger partial charge in [-0.1, -0.05) is 19.1 Å². The van der Waals surface area contributed by atoms with E-state index >= 15 is 0 Å². The van der Waals surface area contributed by atoms with Crippen molar-refractivity contribution < 1.29 is 28.2 Å². The van der Waals surface area contributed by atoms with Crippen molar-refractivity contribution in [2.45, 2.75) is 46.1 Å². The number of Topliss-reactive ketones (excluding diaryl/α,β-unsaturated/α-hetero) is 1. The maximum Gasteiger partial charge on any atom is 0.337 e. The van der Waals surface area contributed by atoms with E-state index < -0.39 is 29.6 Å². The lowest BCUT2D eigenvalue weighted by Gasteiger charge is -2.38. The van der Waals surface area contributed by atoms with Crippen molar-refractivity contribution in [2.24, 2.45) is 11.8 Å². The summed E-state index contributed by atoms with van der Waals surface area (Å²) >= 11 is 0. The smallest absolute Gasteiger partial charge is 0.337 e. The highest BCUT2D eigenvalue weighted by Gasteiger charge is 2.47.